The molecule has 1 unspecified atom stereocenters. The van der Waals surface area contributed by atoms with E-state index in [9.17, 15) is 9.59 Å². The molecule has 1 N–H and O–H groups in total. The van der Waals surface area contributed by atoms with Gasteiger partial charge in [-0.05, 0) is 85.5 Å². The normalized spacial score (nSPS) is 13.8. The van der Waals surface area contributed by atoms with Crippen LogP contribution in [0.3, 0.4) is 0 Å². The predicted molar refractivity (Wildman–Crippen MR) is 153 cm³/mol. The zero-order valence-electron chi connectivity index (χ0n) is 21.4. The van der Waals surface area contributed by atoms with E-state index in [0.29, 0.717) is 22.5 Å². The van der Waals surface area contributed by atoms with Crippen LogP contribution in [0.1, 0.15) is 55.0 Å². The largest absolute Gasteiger partial charge is 0.497 e. The van der Waals surface area contributed by atoms with E-state index in [-0.39, 0.29) is 17.2 Å². The second-order valence-electron chi connectivity index (χ2n) is 9.39. The summed E-state index contributed by atoms with van der Waals surface area (Å²) in [4.78, 5) is 33.7. The Morgan fingerprint density at radius 3 is 2.57 bits per heavy atom. The van der Waals surface area contributed by atoms with Crippen LogP contribution >= 0.6 is 23.1 Å². The molecule has 1 aliphatic carbocycles. The van der Waals surface area contributed by atoms with Crippen molar-refractivity contribution in [2.75, 3.05) is 18.2 Å². The molecule has 0 saturated carbocycles. The Labute approximate surface area is 225 Å². The molecule has 2 aromatic heterocycles. The van der Waals surface area contributed by atoms with Crippen molar-refractivity contribution in [2.24, 2.45) is 0 Å². The summed E-state index contributed by atoms with van der Waals surface area (Å²) in [5.41, 5.74) is 3.81. The molecule has 2 aromatic carbocycles. The fourth-order valence-electron chi connectivity index (χ4n) is 4.70. The van der Waals surface area contributed by atoms with Crippen LogP contribution in [0.15, 0.2) is 58.5 Å². The molecular weight excluding hydrogens is 502 g/mol. The van der Waals surface area contributed by atoms with Crippen LogP contribution in [0.4, 0.5) is 5.69 Å². The van der Waals surface area contributed by atoms with Crippen LogP contribution in [0.25, 0.3) is 15.9 Å². The first-order valence-electron chi connectivity index (χ1n) is 12.7. The number of ether oxygens (including phenoxy) is 1. The number of thioether (sulfide) groups is 1. The van der Waals surface area contributed by atoms with Crippen molar-refractivity contribution in [3.05, 3.63) is 74.9 Å². The molecule has 1 amide bonds. The van der Waals surface area contributed by atoms with Crippen LogP contribution in [-0.4, -0.2) is 28.3 Å². The number of methoxy groups -OCH3 is 1. The molecule has 8 heteroatoms. The van der Waals surface area contributed by atoms with Crippen LogP contribution < -0.4 is 15.6 Å². The average Bonchev–Trinajstić information content (AvgIpc) is 3.31. The zero-order valence-corrected chi connectivity index (χ0v) is 23.0. The molecule has 0 fully saturated rings. The van der Waals surface area contributed by atoms with Crippen molar-refractivity contribution in [3.8, 4) is 11.4 Å². The molecule has 4 aromatic rings. The highest BCUT2D eigenvalue weighted by atomic mass is 32.2. The van der Waals surface area contributed by atoms with Gasteiger partial charge in [0.1, 0.15) is 10.6 Å². The second-order valence-corrected chi connectivity index (χ2v) is 11.4. The average molecular weight is 534 g/mol. The standard InChI is InChI=1S/C29H31N3O3S2/c1-4-18(2)19-9-11-20(12-10-19)30-25(33)17-36-29-31-27-26(23-7-5-6-8-24(23)37-27)28(34)32(29)21-13-15-22(35-3)16-14-21/h9-16,18H,4-8,17H2,1-3H3,(H,30,33). The molecule has 1 atom stereocenters. The number of hydrogen-bond donors (Lipinski definition) is 1. The molecule has 6 nitrogen and oxygen atoms in total. The van der Waals surface area contributed by atoms with E-state index in [0.717, 1.165) is 53.6 Å². The zero-order chi connectivity index (χ0) is 25.9. The van der Waals surface area contributed by atoms with Gasteiger partial charge >= 0.3 is 0 Å². The topological polar surface area (TPSA) is 73.2 Å². The third-order valence-corrected chi connectivity index (χ3v) is 9.12. The van der Waals surface area contributed by atoms with Gasteiger partial charge in [-0.15, -0.1) is 11.3 Å². The predicted octanol–water partition coefficient (Wildman–Crippen LogP) is 6.58. The van der Waals surface area contributed by atoms with Crippen LogP contribution in [-0.2, 0) is 17.6 Å². The lowest BCUT2D eigenvalue weighted by Crippen LogP contribution is -2.23. The van der Waals surface area contributed by atoms with E-state index in [1.807, 2.05) is 36.4 Å². The molecule has 37 heavy (non-hydrogen) atoms. The first kappa shape index (κ1) is 25.5. The Morgan fingerprint density at radius 1 is 1.14 bits per heavy atom. The molecule has 0 aliphatic heterocycles. The quantitative estimate of drug-likeness (QED) is 0.205. The summed E-state index contributed by atoms with van der Waals surface area (Å²) in [6.45, 7) is 4.36. The highest BCUT2D eigenvalue weighted by molar-refractivity contribution is 7.99. The molecule has 0 bridgehead atoms. The summed E-state index contributed by atoms with van der Waals surface area (Å²) in [6, 6.07) is 15.4. The Hall–Kier alpha value is -3.10. The molecule has 192 valence electrons. The summed E-state index contributed by atoms with van der Waals surface area (Å²) in [5, 5.41) is 4.22. The number of anilines is 1. The van der Waals surface area contributed by atoms with Crippen molar-refractivity contribution in [1.29, 1.82) is 0 Å². The van der Waals surface area contributed by atoms with Crippen LogP contribution in [0.5, 0.6) is 5.75 Å². The van der Waals surface area contributed by atoms with Gasteiger partial charge in [-0.3, -0.25) is 14.2 Å². The molecule has 0 saturated heterocycles. The summed E-state index contributed by atoms with van der Waals surface area (Å²) >= 11 is 2.90. The van der Waals surface area contributed by atoms with E-state index in [1.54, 1.807) is 23.0 Å². The number of benzene rings is 2. The number of fused-ring (bicyclic) bond motifs is 3. The lowest BCUT2D eigenvalue weighted by molar-refractivity contribution is -0.113. The van der Waals surface area contributed by atoms with Crippen LogP contribution in [0, 0.1) is 0 Å². The van der Waals surface area contributed by atoms with Crippen molar-refractivity contribution in [3.63, 3.8) is 0 Å². The second kappa shape index (κ2) is 11.1. The Balaban J connectivity index is 1.44. The first-order valence-corrected chi connectivity index (χ1v) is 14.5. The number of carbonyl (C=O) groups excluding carboxylic acids is 1. The van der Waals surface area contributed by atoms with Gasteiger partial charge in [0, 0.05) is 10.6 Å². The molecule has 5 rings (SSSR count). The summed E-state index contributed by atoms with van der Waals surface area (Å²) in [5.74, 6) is 1.21. The highest BCUT2D eigenvalue weighted by Crippen LogP contribution is 2.35. The van der Waals surface area contributed by atoms with Gasteiger partial charge in [0.05, 0.1) is 23.9 Å². The minimum Gasteiger partial charge on any atom is -0.497 e. The molecule has 2 heterocycles. The third kappa shape index (κ3) is 5.31. The number of hydrogen-bond acceptors (Lipinski definition) is 6. The number of nitrogens with one attached hydrogen (secondary N) is 1. The number of aryl methyl sites for hydroxylation is 2. The lowest BCUT2D eigenvalue weighted by Gasteiger charge is -2.14. The fraction of sp³-hybridized carbons (Fsp3) is 0.345. The minimum atomic E-state index is -0.137. The minimum absolute atomic E-state index is 0.0712. The van der Waals surface area contributed by atoms with Gasteiger partial charge in [-0.25, -0.2) is 4.98 Å². The fourth-order valence-corrected chi connectivity index (χ4v) is 6.82. The molecular formula is C29H31N3O3S2. The number of carbonyl (C=O) groups is 1. The number of nitrogens with zero attached hydrogens (tertiary/aromatic N) is 2. The Morgan fingerprint density at radius 2 is 1.86 bits per heavy atom. The third-order valence-electron chi connectivity index (χ3n) is 7.00. The maximum absolute atomic E-state index is 13.9. The van der Waals surface area contributed by atoms with E-state index in [2.05, 4.69) is 31.3 Å². The lowest BCUT2D eigenvalue weighted by atomic mass is 9.97. The molecule has 0 radical (unpaired) electrons. The number of amides is 1. The van der Waals surface area contributed by atoms with E-state index < -0.39 is 0 Å². The van der Waals surface area contributed by atoms with Crippen molar-refractivity contribution >= 4 is 44.9 Å². The number of thiophene rings is 1. The van der Waals surface area contributed by atoms with Gasteiger partial charge in [0.25, 0.3) is 5.56 Å². The van der Waals surface area contributed by atoms with Gasteiger partial charge in [0.2, 0.25) is 5.91 Å². The van der Waals surface area contributed by atoms with Gasteiger partial charge in [-0.2, -0.15) is 0 Å². The first-order chi connectivity index (χ1) is 18.0. The van der Waals surface area contributed by atoms with Crippen molar-refractivity contribution < 1.29 is 9.53 Å². The number of rotatable bonds is 8. The van der Waals surface area contributed by atoms with Crippen molar-refractivity contribution in [1.82, 2.24) is 9.55 Å². The maximum atomic E-state index is 13.9. The Kier molecular flexibility index (Phi) is 7.67. The Bertz CT molecular complexity index is 1470. The van der Waals surface area contributed by atoms with E-state index in [1.165, 1.54) is 22.2 Å². The van der Waals surface area contributed by atoms with Gasteiger partial charge in [0.15, 0.2) is 5.16 Å². The highest BCUT2D eigenvalue weighted by Gasteiger charge is 2.23. The maximum Gasteiger partial charge on any atom is 0.267 e. The molecule has 1 aliphatic rings. The van der Waals surface area contributed by atoms with Gasteiger partial charge in [-0.1, -0.05) is 37.7 Å². The van der Waals surface area contributed by atoms with Crippen molar-refractivity contribution in [2.45, 2.75) is 57.0 Å². The summed E-state index contributed by atoms with van der Waals surface area (Å²) in [6.07, 6.45) is 5.23. The van der Waals surface area contributed by atoms with E-state index in [4.69, 9.17) is 9.72 Å². The number of aromatic nitrogens is 2. The van der Waals surface area contributed by atoms with E-state index >= 15 is 0 Å². The summed E-state index contributed by atoms with van der Waals surface area (Å²) < 4.78 is 6.94. The monoisotopic (exact) mass is 533 g/mol. The van der Waals surface area contributed by atoms with Crippen LogP contribution in [0.2, 0.25) is 0 Å². The SMILES string of the molecule is CCC(C)c1ccc(NC(=O)CSc2nc3sc4c(c3c(=O)n2-c2ccc(OC)cc2)CCCC4)cc1. The smallest absolute Gasteiger partial charge is 0.267 e. The molecule has 0 spiro atoms. The summed E-state index contributed by atoms with van der Waals surface area (Å²) in [7, 11) is 1.62. The van der Waals surface area contributed by atoms with Gasteiger partial charge < -0.3 is 10.1 Å².